The monoisotopic (exact) mass is 462 g/mol. The van der Waals surface area contributed by atoms with E-state index in [4.69, 9.17) is 25.5 Å². The number of ether oxygens (including phenoxy) is 2. The Morgan fingerprint density at radius 3 is 2.48 bits per heavy atom. The summed E-state index contributed by atoms with van der Waals surface area (Å²) in [6, 6.07) is 19.2. The van der Waals surface area contributed by atoms with Crippen molar-refractivity contribution in [3.8, 4) is 34.4 Å². The van der Waals surface area contributed by atoms with Crippen molar-refractivity contribution in [2.75, 3.05) is 14.2 Å². The van der Waals surface area contributed by atoms with E-state index in [1.54, 1.807) is 68.8 Å². The van der Waals surface area contributed by atoms with E-state index >= 15 is 0 Å². The molecule has 0 saturated heterocycles. The van der Waals surface area contributed by atoms with Gasteiger partial charge >= 0.3 is 0 Å². The summed E-state index contributed by atoms with van der Waals surface area (Å²) in [5.41, 5.74) is 4.91. The standard InChI is InChI=1S/C24H19ClN4O4/c1-31-18-11-12-19(21(13-18)32-2)24-29-28-23(33-24)16-9-7-15(8-10-16)22(30)27-26-14-17-5-3-4-6-20(17)25/h3-14H,1-2H3,(H,27,30)/b26-14+. The summed E-state index contributed by atoms with van der Waals surface area (Å²) in [5, 5.41) is 12.7. The first-order valence-corrected chi connectivity index (χ1v) is 10.2. The van der Waals surface area contributed by atoms with Crippen LogP contribution in [-0.4, -0.2) is 36.5 Å². The smallest absolute Gasteiger partial charge is 0.271 e. The molecule has 3 aromatic carbocycles. The molecule has 0 fully saturated rings. The first-order valence-electron chi connectivity index (χ1n) is 9.83. The van der Waals surface area contributed by atoms with Gasteiger partial charge in [-0.1, -0.05) is 29.8 Å². The number of halogens is 1. The van der Waals surface area contributed by atoms with Crippen molar-refractivity contribution in [3.05, 3.63) is 82.9 Å². The Kier molecular flexibility index (Phi) is 6.66. The van der Waals surface area contributed by atoms with Gasteiger partial charge in [0.15, 0.2) is 0 Å². The van der Waals surface area contributed by atoms with Gasteiger partial charge < -0.3 is 13.9 Å². The second-order valence-corrected chi connectivity index (χ2v) is 7.18. The highest BCUT2D eigenvalue weighted by Crippen LogP contribution is 2.33. The molecule has 0 bridgehead atoms. The zero-order valence-electron chi connectivity index (χ0n) is 17.8. The van der Waals surface area contributed by atoms with Crippen LogP contribution in [0.15, 0.2) is 76.2 Å². The van der Waals surface area contributed by atoms with Gasteiger partial charge in [-0.15, -0.1) is 10.2 Å². The van der Waals surface area contributed by atoms with Crippen LogP contribution in [0.1, 0.15) is 15.9 Å². The average Bonchev–Trinajstić information content (AvgIpc) is 3.35. The zero-order chi connectivity index (χ0) is 23.2. The van der Waals surface area contributed by atoms with Crippen molar-refractivity contribution in [2.45, 2.75) is 0 Å². The van der Waals surface area contributed by atoms with Crippen LogP contribution in [0.25, 0.3) is 22.9 Å². The number of amides is 1. The number of nitrogens with zero attached hydrogens (tertiary/aromatic N) is 3. The molecule has 4 aromatic rings. The van der Waals surface area contributed by atoms with Gasteiger partial charge in [-0.25, -0.2) is 5.43 Å². The predicted octanol–water partition coefficient (Wildman–Crippen LogP) is 4.84. The number of hydrogen-bond acceptors (Lipinski definition) is 7. The highest BCUT2D eigenvalue weighted by atomic mass is 35.5. The molecule has 0 saturated carbocycles. The number of carbonyl (C=O) groups is 1. The van der Waals surface area contributed by atoms with Gasteiger partial charge in [0, 0.05) is 27.8 Å². The summed E-state index contributed by atoms with van der Waals surface area (Å²) in [4.78, 5) is 12.3. The third-order valence-electron chi connectivity index (χ3n) is 4.73. The lowest BCUT2D eigenvalue weighted by atomic mass is 10.1. The summed E-state index contributed by atoms with van der Waals surface area (Å²) >= 11 is 6.07. The van der Waals surface area contributed by atoms with E-state index < -0.39 is 0 Å². The van der Waals surface area contributed by atoms with E-state index in [0.29, 0.717) is 50.6 Å². The molecule has 166 valence electrons. The molecule has 1 heterocycles. The maximum atomic E-state index is 12.3. The Balaban J connectivity index is 1.46. The minimum atomic E-state index is -0.362. The van der Waals surface area contributed by atoms with Crippen molar-refractivity contribution in [2.24, 2.45) is 5.10 Å². The Bertz CT molecular complexity index is 1300. The molecule has 0 aliphatic rings. The molecular weight excluding hydrogens is 444 g/mol. The molecule has 0 spiro atoms. The van der Waals surface area contributed by atoms with Crippen molar-refractivity contribution >= 4 is 23.7 Å². The van der Waals surface area contributed by atoms with Crippen LogP contribution in [-0.2, 0) is 0 Å². The fourth-order valence-electron chi connectivity index (χ4n) is 2.99. The number of hydrazone groups is 1. The number of rotatable bonds is 7. The van der Waals surface area contributed by atoms with Gasteiger partial charge in [0.1, 0.15) is 11.5 Å². The summed E-state index contributed by atoms with van der Waals surface area (Å²) in [6.07, 6.45) is 1.49. The normalized spacial score (nSPS) is 10.9. The number of methoxy groups -OCH3 is 2. The summed E-state index contributed by atoms with van der Waals surface area (Å²) in [6.45, 7) is 0. The van der Waals surface area contributed by atoms with E-state index in [1.807, 2.05) is 12.1 Å². The molecule has 8 nitrogen and oxygen atoms in total. The molecule has 9 heteroatoms. The van der Waals surface area contributed by atoms with Crippen molar-refractivity contribution in [1.29, 1.82) is 0 Å². The second kappa shape index (κ2) is 9.97. The van der Waals surface area contributed by atoms with Gasteiger partial charge in [0.2, 0.25) is 5.89 Å². The highest BCUT2D eigenvalue weighted by molar-refractivity contribution is 6.33. The van der Waals surface area contributed by atoms with Crippen LogP contribution in [0.4, 0.5) is 0 Å². The van der Waals surface area contributed by atoms with Crippen molar-refractivity contribution in [1.82, 2.24) is 15.6 Å². The van der Waals surface area contributed by atoms with Crippen molar-refractivity contribution in [3.63, 3.8) is 0 Å². The van der Waals surface area contributed by atoms with E-state index in [-0.39, 0.29) is 5.91 Å². The molecule has 1 aromatic heterocycles. The summed E-state index contributed by atoms with van der Waals surface area (Å²) in [5.74, 6) is 1.46. The molecule has 0 unspecified atom stereocenters. The van der Waals surface area contributed by atoms with Gasteiger partial charge in [-0.2, -0.15) is 5.10 Å². The molecule has 0 aliphatic heterocycles. The lowest BCUT2D eigenvalue weighted by Crippen LogP contribution is -2.17. The van der Waals surface area contributed by atoms with Crippen LogP contribution in [0.5, 0.6) is 11.5 Å². The Morgan fingerprint density at radius 2 is 1.76 bits per heavy atom. The summed E-state index contributed by atoms with van der Waals surface area (Å²) in [7, 11) is 3.13. The minimum absolute atomic E-state index is 0.306. The molecule has 33 heavy (non-hydrogen) atoms. The van der Waals surface area contributed by atoms with Crippen LogP contribution >= 0.6 is 11.6 Å². The Morgan fingerprint density at radius 1 is 1.00 bits per heavy atom. The highest BCUT2D eigenvalue weighted by Gasteiger charge is 2.16. The lowest BCUT2D eigenvalue weighted by molar-refractivity contribution is 0.0955. The van der Waals surface area contributed by atoms with Gasteiger partial charge in [-0.3, -0.25) is 4.79 Å². The SMILES string of the molecule is COc1ccc(-c2nnc(-c3ccc(C(=O)N/N=C/c4ccccc4Cl)cc3)o2)c(OC)c1. The zero-order valence-corrected chi connectivity index (χ0v) is 18.5. The van der Waals surface area contributed by atoms with E-state index in [9.17, 15) is 4.79 Å². The third kappa shape index (κ3) is 5.02. The van der Waals surface area contributed by atoms with Crippen LogP contribution in [0.3, 0.4) is 0 Å². The molecule has 0 radical (unpaired) electrons. The number of hydrogen-bond donors (Lipinski definition) is 1. The van der Waals surface area contributed by atoms with Gasteiger partial charge in [0.05, 0.1) is 26.0 Å². The molecular formula is C24H19ClN4O4. The largest absolute Gasteiger partial charge is 0.497 e. The third-order valence-corrected chi connectivity index (χ3v) is 5.08. The van der Waals surface area contributed by atoms with E-state index in [0.717, 1.165) is 0 Å². The minimum Gasteiger partial charge on any atom is -0.497 e. The molecule has 0 atom stereocenters. The van der Waals surface area contributed by atoms with E-state index in [2.05, 4.69) is 20.7 Å². The number of aromatic nitrogens is 2. The number of carbonyl (C=O) groups excluding carboxylic acids is 1. The molecule has 1 amide bonds. The fourth-order valence-corrected chi connectivity index (χ4v) is 3.18. The number of benzene rings is 3. The average molecular weight is 463 g/mol. The van der Waals surface area contributed by atoms with Crippen LogP contribution < -0.4 is 14.9 Å². The Hall–Kier alpha value is -4.17. The molecule has 0 aliphatic carbocycles. The first kappa shape index (κ1) is 22.0. The molecule has 4 rings (SSSR count). The number of nitrogens with one attached hydrogen (secondary N) is 1. The van der Waals surface area contributed by atoms with E-state index in [1.165, 1.54) is 6.21 Å². The predicted molar refractivity (Wildman–Crippen MR) is 125 cm³/mol. The maximum Gasteiger partial charge on any atom is 0.271 e. The Labute approximate surface area is 194 Å². The van der Waals surface area contributed by atoms with Crippen molar-refractivity contribution < 1.29 is 18.7 Å². The second-order valence-electron chi connectivity index (χ2n) is 6.78. The maximum absolute atomic E-state index is 12.3. The molecule has 1 N–H and O–H groups in total. The van der Waals surface area contributed by atoms with Crippen LogP contribution in [0.2, 0.25) is 5.02 Å². The topological polar surface area (TPSA) is 98.8 Å². The summed E-state index contributed by atoms with van der Waals surface area (Å²) < 4.78 is 16.4. The quantitative estimate of drug-likeness (QED) is 0.312. The van der Waals surface area contributed by atoms with Gasteiger partial charge in [-0.05, 0) is 42.5 Å². The lowest BCUT2D eigenvalue weighted by Gasteiger charge is -2.07. The fraction of sp³-hybridized carbons (Fsp3) is 0.0833. The van der Waals surface area contributed by atoms with Gasteiger partial charge in [0.25, 0.3) is 11.8 Å². The van der Waals surface area contributed by atoms with Crippen LogP contribution in [0, 0.1) is 0 Å². The first-order chi connectivity index (χ1) is 16.1.